The van der Waals surface area contributed by atoms with Gasteiger partial charge in [-0.2, -0.15) is 5.10 Å². The van der Waals surface area contributed by atoms with Crippen LogP contribution in [-0.2, 0) is 0 Å². The molecule has 0 atom stereocenters. The Morgan fingerprint density at radius 1 is 1.16 bits per heavy atom. The Balaban J connectivity index is 1.65. The maximum Gasteiger partial charge on any atom is 0.292 e. The van der Waals surface area contributed by atoms with Crippen molar-refractivity contribution >= 4 is 46.0 Å². The Kier molecular flexibility index (Phi) is 4.86. The van der Waals surface area contributed by atoms with Crippen molar-refractivity contribution in [3.63, 3.8) is 0 Å². The monoisotopic (exact) mass is 352 g/mol. The molecule has 0 aliphatic rings. The first kappa shape index (κ1) is 16.4. The molecular weight excluding hydrogens is 340 g/mol. The molecule has 0 radical (unpaired) electrons. The van der Waals surface area contributed by atoms with Crippen molar-refractivity contribution in [2.45, 2.75) is 0 Å². The number of rotatable bonds is 4. The van der Waals surface area contributed by atoms with E-state index in [1.54, 1.807) is 24.4 Å². The summed E-state index contributed by atoms with van der Waals surface area (Å²) in [4.78, 5) is 19.1. The van der Waals surface area contributed by atoms with Crippen LogP contribution in [0.2, 0.25) is 0 Å². The molecule has 2 N–H and O–H groups in total. The van der Waals surface area contributed by atoms with Gasteiger partial charge < -0.3 is 5.32 Å². The number of nitrogens with one attached hydrogen (secondary N) is 2. The molecule has 2 aromatic carbocycles. The predicted molar refractivity (Wildman–Crippen MR) is 99.6 cm³/mol. The van der Waals surface area contributed by atoms with E-state index in [1.807, 2.05) is 24.3 Å². The fourth-order valence-corrected chi connectivity index (χ4v) is 2.24. The van der Waals surface area contributed by atoms with Crippen LogP contribution in [0.15, 0.2) is 59.8 Å². The second-order valence-electron chi connectivity index (χ2n) is 4.88. The van der Waals surface area contributed by atoms with Crippen molar-refractivity contribution in [1.29, 1.82) is 0 Å². The number of hydrogen-bond acceptors (Lipinski definition) is 6. The normalized spacial score (nSPS) is 10.7. The molecule has 0 aliphatic heterocycles. The summed E-state index contributed by atoms with van der Waals surface area (Å²) < 4.78 is 0. The summed E-state index contributed by atoms with van der Waals surface area (Å²) in [6.45, 7) is 0. The van der Waals surface area contributed by atoms with E-state index in [-0.39, 0.29) is 16.5 Å². The largest absolute Gasteiger partial charge is 0.326 e. The molecule has 3 rings (SSSR count). The standard InChI is InChI=1S/C16H12N6O2S/c23-22(24)15-8-4-3-7-14(15)20-16(25)21-18-10-11-9-17-12-5-1-2-6-13(12)19-11/h1-10H,(H2,20,21,25)/b18-10-. The fraction of sp³-hybridized carbons (Fsp3) is 0. The Morgan fingerprint density at radius 2 is 1.88 bits per heavy atom. The summed E-state index contributed by atoms with van der Waals surface area (Å²) in [6, 6.07) is 13.7. The van der Waals surface area contributed by atoms with Crippen molar-refractivity contribution < 1.29 is 4.92 Å². The van der Waals surface area contributed by atoms with Crippen LogP contribution in [0.25, 0.3) is 11.0 Å². The lowest BCUT2D eigenvalue weighted by atomic mass is 10.3. The van der Waals surface area contributed by atoms with Gasteiger partial charge in [-0.1, -0.05) is 24.3 Å². The van der Waals surface area contributed by atoms with Gasteiger partial charge in [0.05, 0.1) is 28.4 Å². The Morgan fingerprint density at radius 3 is 2.68 bits per heavy atom. The van der Waals surface area contributed by atoms with Gasteiger partial charge in [-0.05, 0) is 30.4 Å². The zero-order valence-corrected chi connectivity index (χ0v) is 13.6. The van der Waals surface area contributed by atoms with Crippen molar-refractivity contribution in [3.05, 3.63) is 70.5 Å². The molecule has 124 valence electrons. The SMILES string of the molecule is O=[N+]([O-])c1ccccc1NC(=S)N/N=C\c1cnc2ccccc2n1. The Labute approximate surface area is 147 Å². The first-order valence-electron chi connectivity index (χ1n) is 7.19. The molecule has 0 unspecified atom stereocenters. The van der Waals surface area contributed by atoms with Gasteiger partial charge in [-0.3, -0.25) is 20.5 Å². The van der Waals surface area contributed by atoms with Crippen LogP contribution in [-0.4, -0.2) is 26.2 Å². The van der Waals surface area contributed by atoms with Crippen molar-refractivity contribution in [3.8, 4) is 0 Å². The molecule has 0 saturated heterocycles. The second-order valence-corrected chi connectivity index (χ2v) is 5.29. The smallest absolute Gasteiger partial charge is 0.292 e. The van der Waals surface area contributed by atoms with Crippen LogP contribution in [0, 0.1) is 10.1 Å². The van der Waals surface area contributed by atoms with Crippen molar-refractivity contribution in [2.24, 2.45) is 5.10 Å². The number of hydrogen-bond donors (Lipinski definition) is 2. The minimum atomic E-state index is -0.487. The molecular formula is C16H12N6O2S. The molecule has 0 amide bonds. The highest BCUT2D eigenvalue weighted by Crippen LogP contribution is 2.22. The van der Waals surface area contributed by atoms with Gasteiger partial charge in [-0.15, -0.1) is 0 Å². The highest BCUT2D eigenvalue weighted by Gasteiger charge is 2.12. The number of nitrogens with zero attached hydrogens (tertiary/aromatic N) is 4. The number of benzene rings is 2. The molecule has 1 heterocycles. The zero-order chi connectivity index (χ0) is 17.6. The van der Waals surface area contributed by atoms with E-state index < -0.39 is 4.92 Å². The van der Waals surface area contributed by atoms with Crippen LogP contribution in [0.5, 0.6) is 0 Å². The van der Waals surface area contributed by atoms with Crippen LogP contribution < -0.4 is 10.7 Å². The second kappa shape index (κ2) is 7.41. The number of nitro benzene ring substituents is 1. The van der Waals surface area contributed by atoms with E-state index in [0.717, 1.165) is 11.0 Å². The van der Waals surface area contributed by atoms with Crippen LogP contribution in [0.4, 0.5) is 11.4 Å². The van der Waals surface area contributed by atoms with Gasteiger partial charge in [0, 0.05) is 6.07 Å². The fourth-order valence-electron chi connectivity index (χ4n) is 2.08. The number of para-hydroxylation sites is 4. The number of hydrazone groups is 1. The quantitative estimate of drug-likeness (QED) is 0.322. The van der Waals surface area contributed by atoms with E-state index >= 15 is 0 Å². The molecule has 0 fully saturated rings. The third-order valence-corrected chi connectivity index (χ3v) is 3.37. The van der Waals surface area contributed by atoms with Gasteiger partial charge in [-0.25, -0.2) is 4.98 Å². The van der Waals surface area contributed by atoms with Crippen molar-refractivity contribution in [1.82, 2.24) is 15.4 Å². The predicted octanol–water partition coefficient (Wildman–Crippen LogP) is 2.86. The average Bonchev–Trinajstić information content (AvgIpc) is 2.62. The van der Waals surface area contributed by atoms with Crippen LogP contribution in [0.3, 0.4) is 0 Å². The van der Waals surface area contributed by atoms with Crippen LogP contribution >= 0.6 is 12.2 Å². The summed E-state index contributed by atoms with van der Waals surface area (Å²) in [5.74, 6) is 0. The molecule has 1 aromatic heterocycles. The Bertz CT molecular complexity index is 976. The highest BCUT2D eigenvalue weighted by molar-refractivity contribution is 7.80. The zero-order valence-electron chi connectivity index (χ0n) is 12.8. The average molecular weight is 352 g/mol. The highest BCUT2D eigenvalue weighted by atomic mass is 32.1. The van der Waals surface area contributed by atoms with E-state index in [0.29, 0.717) is 5.69 Å². The van der Waals surface area contributed by atoms with E-state index in [2.05, 4.69) is 25.8 Å². The molecule has 0 saturated carbocycles. The minimum Gasteiger partial charge on any atom is -0.326 e. The van der Waals surface area contributed by atoms with Gasteiger partial charge in [0.25, 0.3) is 5.69 Å². The molecule has 9 heteroatoms. The van der Waals surface area contributed by atoms with E-state index in [4.69, 9.17) is 12.2 Å². The van der Waals surface area contributed by atoms with Gasteiger partial charge >= 0.3 is 0 Å². The molecule has 0 spiro atoms. The molecule has 0 bridgehead atoms. The number of anilines is 1. The summed E-state index contributed by atoms with van der Waals surface area (Å²) in [7, 11) is 0. The maximum atomic E-state index is 11.0. The summed E-state index contributed by atoms with van der Waals surface area (Å²) in [6.07, 6.45) is 3.05. The first-order chi connectivity index (χ1) is 12.1. The third kappa shape index (κ3) is 4.09. The summed E-state index contributed by atoms with van der Waals surface area (Å²) in [5, 5.41) is 17.8. The lowest BCUT2D eigenvalue weighted by molar-refractivity contribution is -0.383. The lowest BCUT2D eigenvalue weighted by Crippen LogP contribution is -2.24. The molecule has 0 aliphatic carbocycles. The maximum absolute atomic E-state index is 11.0. The van der Waals surface area contributed by atoms with E-state index in [1.165, 1.54) is 12.3 Å². The summed E-state index contributed by atoms with van der Waals surface area (Å²) in [5.41, 5.74) is 4.91. The number of nitro groups is 1. The van der Waals surface area contributed by atoms with Crippen LogP contribution in [0.1, 0.15) is 5.69 Å². The van der Waals surface area contributed by atoms with Gasteiger partial charge in [0.1, 0.15) is 11.4 Å². The molecule has 8 nitrogen and oxygen atoms in total. The first-order valence-corrected chi connectivity index (χ1v) is 7.59. The summed E-state index contributed by atoms with van der Waals surface area (Å²) >= 11 is 5.08. The molecule has 25 heavy (non-hydrogen) atoms. The number of fused-ring (bicyclic) bond motifs is 1. The van der Waals surface area contributed by atoms with Crippen molar-refractivity contribution in [2.75, 3.05) is 5.32 Å². The van der Waals surface area contributed by atoms with Gasteiger partial charge in [0.15, 0.2) is 5.11 Å². The number of thiocarbonyl (C=S) groups is 1. The minimum absolute atomic E-state index is 0.0731. The topological polar surface area (TPSA) is 105 Å². The van der Waals surface area contributed by atoms with E-state index in [9.17, 15) is 10.1 Å². The van der Waals surface area contributed by atoms with Gasteiger partial charge in [0.2, 0.25) is 0 Å². The molecule has 3 aromatic rings. The number of aromatic nitrogens is 2. The Hall–Kier alpha value is -3.46. The lowest BCUT2D eigenvalue weighted by Gasteiger charge is -2.07. The third-order valence-electron chi connectivity index (χ3n) is 3.18.